The summed E-state index contributed by atoms with van der Waals surface area (Å²) in [5.41, 5.74) is 1.25. The first kappa shape index (κ1) is 14.5. The second-order valence-corrected chi connectivity index (χ2v) is 5.35. The van der Waals surface area contributed by atoms with Gasteiger partial charge in [0.05, 0.1) is 4.92 Å². The average Bonchev–Trinajstić information content (AvgIpc) is 2.46. The molecule has 104 valence electrons. The van der Waals surface area contributed by atoms with Crippen molar-refractivity contribution in [3.05, 3.63) is 62.7 Å². The SMILES string of the molecule is CN(CCc1ccc(Br)cc1)c1ccc([N+](=O)[O-])cn1. The van der Waals surface area contributed by atoms with Gasteiger partial charge in [0.1, 0.15) is 12.0 Å². The molecule has 1 aromatic carbocycles. The van der Waals surface area contributed by atoms with Crippen LogP contribution < -0.4 is 4.90 Å². The molecule has 1 aromatic heterocycles. The molecular formula is C14H14BrN3O2. The third-order valence-electron chi connectivity index (χ3n) is 2.98. The summed E-state index contributed by atoms with van der Waals surface area (Å²) in [6, 6.07) is 11.3. The van der Waals surface area contributed by atoms with Gasteiger partial charge in [-0.15, -0.1) is 0 Å². The lowest BCUT2D eigenvalue weighted by Crippen LogP contribution is -2.21. The maximum absolute atomic E-state index is 10.6. The van der Waals surface area contributed by atoms with Gasteiger partial charge < -0.3 is 4.90 Å². The van der Waals surface area contributed by atoms with Crippen LogP contribution in [-0.2, 0) is 6.42 Å². The van der Waals surface area contributed by atoms with Crippen LogP contribution in [0.3, 0.4) is 0 Å². The summed E-state index contributed by atoms with van der Waals surface area (Å²) in [5.74, 6) is 0.729. The van der Waals surface area contributed by atoms with E-state index in [0.29, 0.717) is 0 Å². The zero-order valence-corrected chi connectivity index (χ0v) is 12.6. The number of nitrogens with zero attached hydrogens (tertiary/aromatic N) is 3. The number of hydrogen-bond donors (Lipinski definition) is 0. The summed E-state index contributed by atoms with van der Waals surface area (Å²) in [6.07, 6.45) is 2.17. The lowest BCUT2D eigenvalue weighted by atomic mass is 10.1. The zero-order valence-electron chi connectivity index (χ0n) is 11.0. The highest BCUT2D eigenvalue weighted by Crippen LogP contribution is 2.16. The van der Waals surface area contributed by atoms with Gasteiger partial charge in [0, 0.05) is 24.1 Å². The van der Waals surface area contributed by atoms with Crippen molar-refractivity contribution in [1.29, 1.82) is 0 Å². The van der Waals surface area contributed by atoms with Crippen LogP contribution in [0.4, 0.5) is 11.5 Å². The fraction of sp³-hybridized carbons (Fsp3) is 0.214. The van der Waals surface area contributed by atoms with E-state index in [0.717, 1.165) is 23.3 Å². The van der Waals surface area contributed by atoms with Crippen LogP contribution in [0.5, 0.6) is 0 Å². The smallest absolute Gasteiger partial charge is 0.287 e. The van der Waals surface area contributed by atoms with Crippen LogP contribution in [-0.4, -0.2) is 23.5 Å². The first-order valence-electron chi connectivity index (χ1n) is 6.12. The van der Waals surface area contributed by atoms with Gasteiger partial charge in [-0.25, -0.2) is 4.98 Å². The van der Waals surface area contributed by atoms with Gasteiger partial charge in [-0.05, 0) is 30.2 Å². The van der Waals surface area contributed by atoms with Gasteiger partial charge in [0.25, 0.3) is 5.69 Å². The van der Waals surface area contributed by atoms with E-state index >= 15 is 0 Å². The summed E-state index contributed by atoms with van der Waals surface area (Å²) in [6.45, 7) is 0.798. The van der Waals surface area contributed by atoms with Crippen molar-refractivity contribution >= 4 is 27.4 Å². The number of anilines is 1. The molecule has 0 bridgehead atoms. The molecule has 0 aliphatic rings. The Morgan fingerprint density at radius 3 is 2.50 bits per heavy atom. The summed E-state index contributed by atoms with van der Waals surface area (Å²) in [4.78, 5) is 16.2. The van der Waals surface area contributed by atoms with Gasteiger partial charge in [-0.1, -0.05) is 28.1 Å². The van der Waals surface area contributed by atoms with Crippen molar-refractivity contribution in [1.82, 2.24) is 4.98 Å². The van der Waals surface area contributed by atoms with Crippen molar-refractivity contribution < 1.29 is 4.92 Å². The van der Waals surface area contributed by atoms with E-state index in [9.17, 15) is 10.1 Å². The van der Waals surface area contributed by atoms with Crippen molar-refractivity contribution in [2.75, 3.05) is 18.5 Å². The van der Waals surface area contributed by atoms with E-state index in [1.807, 2.05) is 24.1 Å². The second kappa shape index (κ2) is 6.47. The minimum atomic E-state index is -0.446. The highest BCUT2D eigenvalue weighted by molar-refractivity contribution is 9.10. The predicted molar refractivity (Wildman–Crippen MR) is 82.0 cm³/mol. The largest absolute Gasteiger partial charge is 0.359 e. The molecule has 1 heterocycles. The van der Waals surface area contributed by atoms with Crippen LogP contribution in [0.1, 0.15) is 5.56 Å². The topological polar surface area (TPSA) is 59.3 Å². The molecule has 0 atom stereocenters. The molecule has 20 heavy (non-hydrogen) atoms. The number of likely N-dealkylation sites (N-methyl/N-ethyl adjacent to an activating group) is 1. The highest BCUT2D eigenvalue weighted by atomic mass is 79.9. The fourth-order valence-corrected chi connectivity index (χ4v) is 2.04. The number of hydrogen-bond acceptors (Lipinski definition) is 4. The molecule has 0 aliphatic heterocycles. The number of benzene rings is 1. The lowest BCUT2D eigenvalue weighted by Gasteiger charge is -2.17. The van der Waals surface area contributed by atoms with Crippen molar-refractivity contribution in [2.24, 2.45) is 0 Å². The van der Waals surface area contributed by atoms with E-state index in [2.05, 4.69) is 33.0 Å². The van der Waals surface area contributed by atoms with E-state index in [4.69, 9.17) is 0 Å². The molecular weight excluding hydrogens is 322 g/mol. The van der Waals surface area contributed by atoms with Gasteiger partial charge in [-0.3, -0.25) is 10.1 Å². The molecule has 0 saturated carbocycles. The van der Waals surface area contributed by atoms with E-state index in [1.165, 1.54) is 17.8 Å². The summed E-state index contributed by atoms with van der Waals surface area (Å²) >= 11 is 3.41. The molecule has 0 spiro atoms. The molecule has 0 fully saturated rings. The quantitative estimate of drug-likeness (QED) is 0.620. The fourth-order valence-electron chi connectivity index (χ4n) is 1.77. The zero-order chi connectivity index (χ0) is 14.5. The Morgan fingerprint density at radius 1 is 1.25 bits per heavy atom. The normalized spacial score (nSPS) is 10.3. The van der Waals surface area contributed by atoms with Gasteiger partial charge in [0.15, 0.2) is 0 Å². The minimum Gasteiger partial charge on any atom is -0.359 e. The Hall–Kier alpha value is -1.95. The van der Waals surface area contributed by atoms with E-state index < -0.39 is 4.92 Å². The lowest BCUT2D eigenvalue weighted by molar-refractivity contribution is -0.385. The van der Waals surface area contributed by atoms with Crippen LogP contribution in [0.25, 0.3) is 0 Å². The highest BCUT2D eigenvalue weighted by Gasteiger charge is 2.08. The molecule has 6 heteroatoms. The first-order valence-corrected chi connectivity index (χ1v) is 6.91. The molecule has 0 N–H and O–H groups in total. The Morgan fingerprint density at radius 2 is 1.95 bits per heavy atom. The standard InChI is InChI=1S/C14H14BrN3O2/c1-17(9-8-11-2-4-12(15)5-3-11)14-7-6-13(10-16-14)18(19)20/h2-7,10H,8-9H2,1H3. The monoisotopic (exact) mass is 335 g/mol. The molecule has 5 nitrogen and oxygen atoms in total. The molecule has 0 saturated heterocycles. The van der Waals surface area contributed by atoms with Crippen LogP contribution in [0.15, 0.2) is 47.1 Å². The van der Waals surface area contributed by atoms with Crippen LogP contribution in [0, 0.1) is 10.1 Å². The van der Waals surface area contributed by atoms with Crippen LogP contribution in [0.2, 0.25) is 0 Å². The number of nitro groups is 1. The molecule has 2 rings (SSSR count). The number of pyridine rings is 1. The maximum Gasteiger partial charge on any atom is 0.287 e. The van der Waals surface area contributed by atoms with Gasteiger partial charge in [-0.2, -0.15) is 0 Å². The Bertz CT molecular complexity index is 584. The third kappa shape index (κ3) is 3.77. The van der Waals surface area contributed by atoms with Crippen molar-refractivity contribution in [3.8, 4) is 0 Å². The Balaban J connectivity index is 1.95. The first-order chi connectivity index (χ1) is 9.56. The minimum absolute atomic E-state index is 0.00931. The molecule has 0 unspecified atom stereocenters. The Labute approximate surface area is 125 Å². The number of rotatable bonds is 5. The molecule has 0 aliphatic carbocycles. The number of aromatic nitrogens is 1. The summed E-state index contributed by atoms with van der Waals surface area (Å²) in [7, 11) is 1.92. The summed E-state index contributed by atoms with van der Waals surface area (Å²) < 4.78 is 1.06. The van der Waals surface area contributed by atoms with E-state index in [1.54, 1.807) is 6.07 Å². The average molecular weight is 336 g/mol. The van der Waals surface area contributed by atoms with Gasteiger partial charge >= 0.3 is 0 Å². The van der Waals surface area contributed by atoms with E-state index in [-0.39, 0.29) is 5.69 Å². The van der Waals surface area contributed by atoms with Gasteiger partial charge in [0.2, 0.25) is 0 Å². The third-order valence-corrected chi connectivity index (χ3v) is 3.51. The summed E-state index contributed by atoms with van der Waals surface area (Å²) in [5, 5.41) is 10.6. The van der Waals surface area contributed by atoms with Crippen molar-refractivity contribution in [3.63, 3.8) is 0 Å². The number of halogens is 1. The van der Waals surface area contributed by atoms with Crippen molar-refractivity contribution in [2.45, 2.75) is 6.42 Å². The Kier molecular flexibility index (Phi) is 4.68. The molecule has 0 radical (unpaired) electrons. The van der Waals surface area contributed by atoms with Crippen LogP contribution >= 0.6 is 15.9 Å². The maximum atomic E-state index is 10.6. The predicted octanol–water partition coefficient (Wildman–Crippen LogP) is 3.43. The molecule has 0 amide bonds. The molecule has 2 aromatic rings. The second-order valence-electron chi connectivity index (χ2n) is 4.43.